The summed E-state index contributed by atoms with van der Waals surface area (Å²) >= 11 is 0. The summed E-state index contributed by atoms with van der Waals surface area (Å²) in [5, 5.41) is 12.7. The van der Waals surface area contributed by atoms with Crippen LogP contribution in [0.4, 0.5) is 11.5 Å². The molecule has 1 unspecified atom stereocenters. The minimum absolute atomic E-state index is 0.0575. The first-order chi connectivity index (χ1) is 18.6. The van der Waals surface area contributed by atoms with E-state index in [1.807, 2.05) is 90.5 Å². The maximum atomic E-state index is 13.8. The van der Waals surface area contributed by atoms with Gasteiger partial charge in [0.1, 0.15) is 29.7 Å². The van der Waals surface area contributed by atoms with Crippen LogP contribution in [-0.2, 0) is 0 Å². The zero-order valence-corrected chi connectivity index (χ0v) is 20.8. The van der Waals surface area contributed by atoms with Crippen LogP contribution in [0.25, 0.3) is 33.1 Å². The fraction of sp³-hybridized carbons (Fsp3) is 0.143. The van der Waals surface area contributed by atoms with E-state index in [-0.39, 0.29) is 11.9 Å². The van der Waals surface area contributed by atoms with Crippen LogP contribution in [0.1, 0.15) is 23.0 Å². The Kier molecular flexibility index (Phi) is 4.93. The van der Waals surface area contributed by atoms with Crippen molar-refractivity contribution in [1.82, 2.24) is 29.8 Å². The van der Waals surface area contributed by atoms with Crippen LogP contribution in [0.5, 0.6) is 0 Å². The van der Waals surface area contributed by atoms with Gasteiger partial charge in [-0.1, -0.05) is 30.3 Å². The maximum Gasteiger partial charge on any atom is 0.278 e. The molecule has 5 heterocycles. The van der Waals surface area contributed by atoms with Crippen molar-refractivity contribution in [2.24, 2.45) is 0 Å². The van der Waals surface area contributed by atoms with Crippen molar-refractivity contribution in [3.05, 3.63) is 90.8 Å². The second-order valence-electron chi connectivity index (χ2n) is 9.52. The highest BCUT2D eigenvalue weighted by Gasteiger charge is 2.37. The molecule has 38 heavy (non-hydrogen) atoms. The van der Waals surface area contributed by atoms with Gasteiger partial charge in [0.05, 0.1) is 23.1 Å². The highest BCUT2D eigenvalue weighted by atomic mass is 16.2. The van der Waals surface area contributed by atoms with E-state index in [1.54, 1.807) is 0 Å². The van der Waals surface area contributed by atoms with E-state index < -0.39 is 6.17 Å². The summed E-state index contributed by atoms with van der Waals surface area (Å²) in [6.45, 7) is 3.99. The smallest absolute Gasteiger partial charge is 0.278 e. The number of rotatable bonds is 5. The van der Waals surface area contributed by atoms with Crippen molar-refractivity contribution in [2.45, 2.75) is 26.1 Å². The van der Waals surface area contributed by atoms with Crippen molar-refractivity contribution in [2.75, 3.05) is 15.6 Å². The van der Waals surface area contributed by atoms with E-state index >= 15 is 0 Å². The Morgan fingerprint density at radius 3 is 2.76 bits per heavy atom. The molecule has 10 nitrogen and oxygen atoms in total. The second kappa shape index (κ2) is 8.48. The molecule has 10 heteroatoms. The van der Waals surface area contributed by atoms with Crippen LogP contribution in [0.2, 0.25) is 0 Å². The second-order valence-corrected chi connectivity index (χ2v) is 9.52. The molecule has 4 aromatic heterocycles. The van der Waals surface area contributed by atoms with Crippen LogP contribution >= 0.6 is 0 Å². The molecule has 1 aliphatic rings. The summed E-state index contributed by atoms with van der Waals surface area (Å²) in [5.74, 6) is 0.619. The van der Waals surface area contributed by atoms with Gasteiger partial charge < -0.3 is 15.7 Å². The molecule has 2 aromatic carbocycles. The van der Waals surface area contributed by atoms with Gasteiger partial charge in [-0.3, -0.25) is 19.5 Å². The van der Waals surface area contributed by atoms with E-state index in [0.29, 0.717) is 11.5 Å². The summed E-state index contributed by atoms with van der Waals surface area (Å²) in [7, 11) is 0. The van der Waals surface area contributed by atoms with Gasteiger partial charge in [-0.2, -0.15) is 5.10 Å². The third-order valence-corrected chi connectivity index (χ3v) is 7.18. The van der Waals surface area contributed by atoms with Crippen molar-refractivity contribution >= 4 is 39.3 Å². The summed E-state index contributed by atoms with van der Waals surface area (Å²) < 4.78 is 1.82. The summed E-state index contributed by atoms with van der Waals surface area (Å²) in [6.07, 6.45) is 6.81. The van der Waals surface area contributed by atoms with Gasteiger partial charge in [0.25, 0.3) is 5.91 Å². The lowest BCUT2D eigenvalue weighted by Crippen LogP contribution is -2.59. The van der Waals surface area contributed by atoms with E-state index in [0.717, 1.165) is 44.3 Å². The van der Waals surface area contributed by atoms with E-state index in [1.165, 1.54) is 6.33 Å². The summed E-state index contributed by atoms with van der Waals surface area (Å²) in [4.78, 5) is 28.0. The van der Waals surface area contributed by atoms with Gasteiger partial charge in [0.15, 0.2) is 0 Å². The first-order valence-electron chi connectivity index (χ1n) is 12.4. The number of nitrogens with one attached hydrogen (secondary N) is 4. The largest absolute Gasteiger partial charge is 0.363 e. The number of aryl methyl sites for hydroxylation is 1. The van der Waals surface area contributed by atoms with Gasteiger partial charge in [0, 0.05) is 29.0 Å². The third kappa shape index (κ3) is 3.34. The Hall–Kier alpha value is -5.12. The molecule has 0 aliphatic carbocycles. The Balaban J connectivity index is 1.31. The Morgan fingerprint density at radius 1 is 1.03 bits per heavy atom. The number of aromatic amines is 2. The molecule has 1 aliphatic heterocycles. The highest BCUT2D eigenvalue weighted by Crippen LogP contribution is 2.36. The number of nitrogens with zero attached hydrogens (tertiary/aromatic N) is 5. The first-order valence-corrected chi connectivity index (χ1v) is 12.4. The average molecular weight is 504 g/mol. The molecule has 6 aromatic rings. The molecule has 0 radical (unpaired) electrons. The first kappa shape index (κ1) is 22.1. The molecule has 2 atom stereocenters. The van der Waals surface area contributed by atoms with Gasteiger partial charge >= 0.3 is 0 Å². The molecular formula is C28H25N9O. The van der Waals surface area contributed by atoms with Crippen molar-refractivity contribution < 1.29 is 4.79 Å². The Labute approximate surface area is 217 Å². The molecule has 0 saturated heterocycles. The minimum atomic E-state index is -0.395. The summed E-state index contributed by atoms with van der Waals surface area (Å²) in [5.41, 5.74) is 9.56. The van der Waals surface area contributed by atoms with Crippen LogP contribution in [-0.4, -0.2) is 47.9 Å². The molecule has 0 fully saturated rings. The van der Waals surface area contributed by atoms with Crippen LogP contribution in [0.15, 0.2) is 79.5 Å². The Morgan fingerprint density at radius 2 is 1.89 bits per heavy atom. The number of fused-ring (bicyclic) bond motifs is 3. The number of carbonyl (C=O) groups is 1. The number of amides is 1. The number of aromatic nitrogens is 6. The van der Waals surface area contributed by atoms with Crippen molar-refractivity contribution in [1.29, 1.82) is 0 Å². The monoisotopic (exact) mass is 503 g/mol. The van der Waals surface area contributed by atoms with Gasteiger partial charge in [-0.25, -0.2) is 9.97 Å². The number of benzene rings is 2. The van der Waals surface area contributed by atoms with Gasteiger partial charge in [-0.15, -0.1) is 0 Å². The molecule has 0 bridgehead atoms. The van der Waals surface area contributed by atoms with E-state index in [2.05, 4.69) is 42.0 Å². The standard InChI is InChI=1S/C28H25N9O/c1-16-11-12-36-24(16)28(38)37(18-7-4-3-5-8-18)27(35-36)17(2)33-26-23-21(13-29-25(23)30-15-31-26)19-9-6-10-22-20(19)14-32-34-22/h3-15,17,27,35H,1-2H3,(H,32,34)(H2,29,30,31,33)/t17-,27?/m0/s1. The van der Waals surface area contributed by atoms with E-state index in [4.69, 9.17) is 0 Å². The number of para-hydroxylation sites is 1. The molecule has 188 valence electrons. The normalized spacial score (nSPS) is 16.0. The lowest BCUT2D eigenvalue weighted by Gasteiger charge is -2.41. The number of carbonyl (C=O) groups excluding carboxylic acids is 1. The molecular weight excluding hydrogens is 478 g/mol. The fourth-order valence-corrected chi connectivity index (χ4v) is 5.33. The third-order valence-electron chi connectivity index (χ3n) is 7.18. The average Bonchev–Trinajstić information content (AvgIpc) is 3.68. The van der Waals surface area contributed by atoms with Crippen molar-refractivity contribution in [3.63, 3.8) is 0 Å². The fourth-order valence-electron chi connectivity index (χ4n) is 5.33. The SMILES string of the molecule is Cc1ccn2c1C(=O)N(c1ccccc1)C([C@H](C)Nc1ncnc3[nH]cc(-c4cccc5[nH]ncc45)c13)N2. The maximum absolute atomic E-state index is 13.8. The van der Waals surface area contributed by atoms with E-state index in [9.17, 15) is 4.79 Å². The summed E-state index contributed by atoms with van der Waals surface area (Å²) in [6, 6.07) is 17.5. The quantitative estimate of drug-likeness (QED) is 0.272. The lowest BCUT2D eigenvalue weighted by molar-refractivity contribution is 0.0954. The Bertz CT molecular complexity index is 1800. The molecule has 4 N–H and O–H groups in total. The minimum Gasteiger partial charge on any atom is -0.363 e. The number of hydrogen-bond acceptors (Lipinski definition) is 6. The number of H-pyrrole nitrogens is 2. The van der Waals surface area contributed by atoms with Crippen LogP contribution in [0, 0.1) is 6.92 Å². The predicted molar refractivity (Wildman–Crippen MR) is 148 cm³/mol. The molecule has 1 amide bonds. The zero-order chi connectivity index (χ0) is 25.8. The van der Waals surface area contributed by atoms with Gasteiger partial charge in [-0.05, 0) is 49.2 Å². The zero-order valence-electron chi connectivity index (χ0n) is 20.8. The topological polar surface area (TPSA) is 120 Å². The van der Waals surface area contributed by atoms with Gasteiger partial charge in [0.2, 0.25) is 0 Å². The number of anilines is 2. The van der Waals surface area contributed by atoms with Crippen molar-refractivity contribution in [3.8, 4) is 11.1 Å². The van der Waals surface area contributed by atoms with Crippen LogP contribution < -0.4 is 15.6 Å². The highest BCUT2D eigenvalue weighted by molar-refractivity contribution is 6.08. The van der Waals surface area contributed by atoms with Crippen LogP contribution in [0.3, 0.4) is 0 Å². The predicted octanol–water partition coefficient (Wildman–Crippen LogP) is 4.64. The molecule has 7 rings (SSSR count). The molecule has 0 spiro atoms. The molecule has 0 saturated carbocycles. The lowest BCUT2D eigenvalue weighted by atomic mass is 10.0. The number of hydrogen-bond donors (Lipinski definition) is 4.